The van der Waals surface area contributed by atoms with Gasteiger partial charge in [-0.05, 0) is 79.8 Å². The van der Waals surface area contributed by atoms with Crippen LogP contribution in [0.4, 0.5) is 5.69 Å². The van der Waals surface area contributed by atoms with Crippen LogP contribution < -0.4 is 14.4 Å². The summed E-state index contributed by atoms with van der Waals surface area (Å²) in [5.74, 6) is -0.209. The van der Waals surface area contributed by atoms with E-state index in [0.717, 1.165) is 26.6 Å². The van der Waals surface area contributed by atoms with Crippen molar-refractivity contribution in [3.63, 3.8) is 0 Å². The standard InChI is InChI=1S/C37H43N3O5S/c1-6-28(3)38-37(42)35(24-30-16-9-7-10-17-30)39(25-31-18-14-19-32(23-31)45-5)36(41)26-40(34-22-13-15-27(2)29(34)4)46(43,44)33-20-11-8-12-21-33/h7-23,28,35H,6,24-26H2,1-5H3,(H,38,42)/t28-,35-/m1/s1. The highest BCUT2D eigenvalue weighted by atomic mass is 32.2. The second-order valence-electron chi connectivity index (χ2n) is 11.4. The van der Waals surface area contributed by atoms with Gasteiger partial charge < -0.3 is 15.0 Å². The molecule has 1 N–H and O–H groups in total. The molecule has 46 heavy (non-hydrogen) atoms. The summed E-state index contributed by atoms with van der Waals surface area (Å²) < 4.78 is 35.1. The fourth-order valence-corrected chi connectivity index (χ4v) is 6.69. The van der Waals surface area contributed by atoms with E-state index < -0.39 is 28.5 Å². The molecule has 0 saturated carbocycles. The SMILES string of the molecule is CC[C@@H](C)NC(=O)[C@@H](Cc1ccccc1)N(Cc1cccc(OC)c1)C(=O)CN(c1cccc(C)c1C)S(=O)(=O)c1ccccc1. The molecule has 0 fully saturated rings. The van der Waals surface area contributed by atoms with Gasteiger partial charge in [0.2, 0.25) is 11.8 Å². The van der Waals surface area contributed by atoms with Gasteiger partial charge in [0.15, 0.2) is 0 Å². The first-order chi connectivity index (χ1) is 22.0. The minimum Gasteiger partial charge on any atom is -0.497 e. The number of aryl methyl sites for hydroxylation is 1. The zero-order valence-corrected chi connectivity index (χ0v) is 28.0. The number of hydrogen-bond acceptors (Lipinski definition) is 5. The Labute approximate surface area is 273 Å². The highest BCUT2D eigenvalue weighted by molar-refractivity contribution is 7.92. The summed E-state index contributed by atoms with van der Waals surface area (Å²) in [4.78, 5) is 30.2. The zero-order chi connectivity index (χ0) is 33.3. The van der Waals surface area contributed by atoms with Crippen LogP contribution in [0, 0.1) is 13.8 Å². The highest BCUT2D eigenvalue weighted by Gasteiger charge is 2.35. The van der Waals surface area contributed by atoms with E-state index in [1.165, 1.54) is 17.0 Å². The van der Waals surface area contributed by atoms with Crippen LogP contribution in [0.3, 0.4) is 0 Å². The number of methoxy groups -OCH3 is 1. The second-order valence-corrected chi connectivity index (χ2v) is 13.3. The third kappa shape index (κ3) is 8.34. The van der Waals surface area contributed by atoms with Crippen LogP contribution in [0.5, 0.6) is 5.75 Å². The molecule has 0 aliphatic carbocycles. The van der Waals surface area contributed by atoms with Crippen LogP contribution in [0.15, 0.2) is 108 Å². The number of carbonyl (C=O) groups excluding carboxylic acids is 2. The first kappa shape index (κ1) is 34.2. The van der Waals surface area contributed by atoms with E-state index >= 15 is 0 Å². The summed E-state index contributed by atoms with van der Waals surface area (Å²) in [6.07, 6.45) is 0.955. The van der Waals surface area contributed by atoms with Gasteiger partial charge in [-0.15, -0.1) is 0 Å². The summed E-state index contributed by atoms with van der Waals surface area (Å²) in [6.45, 7) is 7.20. The number of anilines is 1. The number of ether oxygens (including phenoxy) is 1. The Morgan fingerprint density at radius 2 is 1.48 bits per heavy atom. The number of benzene rings is 4. The van der Waals surface area contributed by atoms with Crippen molar-refractivity contribution < 1.29 is 22.7 Å². The first-order valence-corrected chi connectivity index (χ1v) is 16.9. The summed E-state index contributed by atoms with van der Waals surface area (Å²) in [5.41, 5.74) is 3.65. The Morgan fingerprint density at radius 1 is 0.848 bits per heavy atom. The Morgan fingerprint density at radius 3 is 2.13 bits per heavy atom. The van der Waals surface area contributed by atoms with Crippen LogP contribution >= 0.6 is 0 Å². The number of nitrogens with zero attached hydrogens (tertiary/aromatic N) is 2. The molecule has 0 unspecified atom stereocenters. The molecule has 4 aromatic carbocycles. The number of carbonyl (C=O) groups is 2. The van der Waals surface area contributed by atoms with Crippen molar-refractivity contribution in [1.82, 2.24) is 10.2 Å². The van der Waals surface area contributed by atoms with E-state index in [0.29, 0.717) is 17.9 Å². The average Bonchev–Trinajstić information content (AvgIpc) is 3.07. The zero-order valence-electron chi connectivity index (χ0n) is 27.1. The lowest BCUT2D eigenvalue weighted by Crippen LogP contribution is -2.54. The van der Waals surface area contributed by atoms with E-state index in [1.807, 2.05) is 82.3 Å². The van der Waals surface area contributed by atoms with Gasteiger partial charge in [0.25, 0.3) is 10.0 Å². The van der Waals surface area contributed by atoms with Gasteiger partial charge in [0, 0.05) is 19.0 Å². The van der Waals surface area contributed by atoms with Crippen molar-refractivity contribution in [2.75, 3.05) is 18.0 Å². The van der Waals surface area contributed by atoms with Gasteiger partial charge in [-0.25, -0.2) is 8.42 Å². The maximum absolute atomic E-state index is 14.7. The van der Waals surface area contributed by atoms with Gasteiger partial charge in [0.1, 0.15) is 18.3 Å². The van der Waals surface area contributed by atoms with Gasteiger partial charge in [-0.3, -0.25) is 13.9 Å². The fraction of sp³-hybridized carbons (Fsp3) is 0.297. The molecule has 4 rings (SSSR count). The number of hydrogen-bond donors (Lipinski definition) is 1. The quantitative estimate of drug-likeness (QED) is 0.181. The number of nitrogens with one attached hydrogen (secondary N) is 1. The van der Waals surface area contributed by atoms with Crippen LogP contribution in [0.2, 0.25) is 0 Å². The van der Waals surface area contributed by atoms with Crippen molar-refractivity contribution in [2.45, 2.75) is 64.1 Å². The number of sulfonamides is 1. The molecule has 4 aromatic rings. The summed E-state index contributed by atoms with van der Waals surface area (Å²) in [6, 6.07) is 29.2. The molecule has 0 heterocycles. The molecule has 242 valence electrons. The van der Waals surface area contributed by atoms with Crippen LogP contribution in [0.1, 0.15) is 42.5 Å². The Balaban J connectivity index is 1.84. The smallest absolute Gasteiger partial charge is 0.264 e. The minimum absolute atomic E-state index is 0.0630. The number of amides is 2. The lowest BCUT2D eigenvalue weighted by molar-refractivity contribution is -0.140. The predicted molar refractivity (Wildman–Crippen MR) is 182 cm³/mol. The topological polar surface area (TPSA) is 96.0 Å². The van der Waals surface area contributed by atoms with Crippen LogP contribution in [-0.4, -0.2) is 50.9 Å². The molecule has 0 spiro atoms. The third-order valence-electron chi connectivity index (χ3n) is 8.21. The van der Waals surface area contributed by atoms with E-state index in [4.69, 9.17) is 4.74 Å². The van der Waals surface area contributed by atoms with Crippen LogP contribution in [0.25, 0.3) is 0 Å². The third-order valence-corrected chi connectivity index (χ3v) is 9.99. The molecular formula is C37H43N3O5S. The predicted octanol–water partition coefficient (Wildman–Crippen LogP) is 6.06. The monoisotopic (exact) mass is 641 g/mol. The first-order valence-electron chi connectivity index (χ1n) is 15.5. The summed E-state index contributed by atoms with van der Waals surface area (Å²) >= 11 is 0. The van der Waals surface area contributed by atoms with Gasteiger partial charge in [-0.1, -0.05) is 79.7 Å². The number of rotatable bonds is 14. The molecular weight excluding hydrogens is 598 g/mol. The van der Waals surface area contributed by atoms with Gasteiger partial charge in [0.05, 0.1) is 17.7 Å². The average molecular weight is 642 g/mol. The van der Waals surface area contributed by atoms with Crippen molar-refractivity contribution >= 4 is 27.5 Å². The van der Waals surface area contributed by atoms with Crippen molar-refractivity contribution in [3.05, 3.63) is 125 Å². The molecule has 9 heteroatoms. The minimum atomic E-state index is -4.17. The molecule has 0 aromatic heterocycles. The maximum Gasteiger partial charge on any atom is 0.264 e. The van der Waals surface area contributed by atoms with E-state index in [2.05, 4.69) is 5.32 Å². The van der Waals surface area contributed by atoms with Gasteiger partial charge >= 0.3 is 0 Å². The lowest BCUT2D eigenvalue weighted by atomic mass is 10.0. The van der Waals surface area contributed by atoms with Crippen molar-refractivity contribution in [2.24, 2.45) is 0 Å². The Kier molecular flexibility index (Phi) is 11.6. The van der Waals surface area contributed by atoms with E-state index in [9.17, 15) is 18.0 Å². The summed E-state index contributed by atoms with van der Waals surface area (Å²) in [7, 11) is -2.60. The maximum atomic E-state index is 14.7. The van der Waals surface area contributed by atoms with Crippen molar-refractivity contribution in [1.29, 1.82) is 0 Å². The Bertz CT molecular complexity index is 1730. The molecule has 2 atom stereocenters. The lowest BCUT2D eigenvalue weighted by Gasteiger charge is -2.34. The van der Waals surface area contributed by atoms with E-state index in [-0.39, 0.29) is 29.8 Å². The molecule has 0 aliphatic rings. The second kappa shape index (κ2) is 15.6. The molecule has 0 aliphatic heterocycles. The van der Waals surface area contributed by atoms with Crippen LogP contribution in [-0.2, 0) is 32.6 Å². The Hall–Kier alpha value is -4.63. The summed E-state index contributed by atoms with van der Waals surface area (Å²) in [5, 5.41) is 3.06. The highest BCUT2D eigenvalue weighted by Crippen LogP contribution is 2.29. The van der Waals surface area contributed by atoms with Crippen molar-refractivity contribution in [3.8, 4) is 5.75 Å². The molecule has 8 nitrogen and oxygen atoms in total. The molecule has 0 bridgehead atoms. The molecule has 0 radical (unpaired) electrons. The van der Waals surface area contributed by atoms with Gasteiger partial charge in [-0.2, -0.15) is 0 Å². The largest absolute Gasteiger partial charge is 0.497 e. The van der Waals surface area contributed by atoms with E-state index in [1.54, 1.807) is 43.5 Å². The fourth-order valence-electron chi connectivity index (χ4n) is 5.20. The molecule has 2 amide bonds. The molecule has 0 saturated heterocycles. The normalized spacial score (nSPS) is 12.5.